The van der Waals surface area contributed by atoms with Crippen molar-refractivity contribution in [2.24, 2.45) is 0 Å². The van der Waals surface area contributed by atoms with Crippen LogP contribution in [0.1, 0.15) is 15.3 Å². The number of thiophene rings is 1. The Labute approximate surface area is 163 Å². The van der Waals surface area contributed by atoms with Gasteiger partial charge in [0.1, 0.15) is 6.10 Å². The Hall–Kier alpha value is -2.25. The zero-order valence-electron chi connectivity index (χ0n) is 15.8. The van der Waals surface area contributed by atoms with Gasteiger partial charge in [0.2, 0.25) is 0 Å². The number of ether oxygens (including phenoxy) is 3. The van der Waals surface area contributed by atoms with Crippen LogP contribution in [0.25, 0.3) is 0 Å². The number of hydrogen-bond acceptors (Lipinski definition) is 6. The van der Waals surface area contributed by atoms with Gasteiger partial charge in [0.15, 0.2) is 11.5 Å². The first-order chi connectivity index (χ1) is 13.1. The molecule has 0 aliphatic carbocycles. The van der Waals surface area contributed by atoms with Gasteiger partial charge in [0, 0.05) is 35.9 Å². The summed E-state index contributed by atoms with van der Waals surface area (Å²) < 4.78 is 16.3. The molecule has 27 heavy (non-hydrogen) atoms. The zero-order valence-corrected chi connectivity index (χ0v) is 16.6. The molecular formula is C20H24N2O4S. The van der Waals surface area contributed by atoms with Crippen molar-refractivity contribution in [2.75, 3.05) is 27.3 Å². The first-order valence-electron chi connectivity index (χ1n) is 9.03. The average molecular weight is 388 g/mol. The summed E-state index contributed by atoms with van der Waals surface area (Å²) >= 11 is 1.83. The van der Waals surface area contributed by atoms with E-state index in [0.29, 0.717) is 18.0 Å². The lowest BCUT2D eigenvalue weighted by molar-refractivity contribution is 0.119. The van der Waals surface area contributed by atoms with Crippen molar-refractivity contribution in [3.63, 3.8) is 0 Å². The summed E-state index contributed by atoms with van der Waals surface area (Å²) in [6, 6.07) is 10.2. The fourth-order valence-electron chi connectivity index (χ4n) is 3.86. The van der Waals surface area contributed by atoms with E-state index in [2.05, 4.69) is 24.0 Å². The zero-order chi connectivity index (χ0) is 19.0. The van der Waals surface area contributed by atoms with Crippen LogP contribution in [-0.2, 0) is 17.8 Å². The van der Waals surface area contributed by atoms with Crippen LogP contribution >= 0.6 is 11.3 Å². The van der Waals surface area contributed by atoms with Crippen LogP contribution in [0.2, 0.25) is 0 Å². The standard InChI is InChI=1S/C20H24N2O4S/c1-13-4-6-15(27-13)10-21-11-16-19(12-21)26-20(23)22(16)9-14-5-7-17(24-2)18(8-14)25-3/h4-8,16,19H,9-12H2,1-3H3/t16-,19+/m1/s1. The third-order valence-electron chi connectivity index (χ3n) is 5.18. The highest BCUT2D eigenvalue weighted by Crippen LogP contribution is 2.32. The van der Waals surface area contributed by atoms with Gasteiger partial charge in [-0.05, 0) is 36.8 Å². The fourth-order valence-corrected chi connectivity index (χ4v) is 4.79. The number of benzene rings is 1. The minimum absolute atomic E-state index is 0.0568. The number of hydrogen-bond donors (Lipinski definition) is 0. The molecule has 0 saturated carbocycles. The summed E-state index contributed by atoms with van der Waals surface area (Å²) in [5.41, 5.74) is 0.998. The van der Waals surface area contributed by atoms with Gasteiger partial charge in [-0.2, -0.15) is 0 Å². The molecule has 144 valence electrons. The van der Waals surface area contributed by atoms with Gasteiger partial charge in [0.25, 0.3) is 0 Å². The van der Waals surface area contributed by atoms with Crippen LogP contribution in [-0.4, -0.2) is 55.3 Å². The number of likely N-dealkylation sites (tertiary alicyclic amines) is 1. The number of aryl methyl sites for hydroxylation is 1. The van der Waals surface area contributed by atoms with Crippen LogP contribution in [0.5, 0.6) is 11.5 Å². The van der Waals surface area contributed by atoms with E-state index in [1.807, 2.05) is 34.4 Å². The number of carbonyl (C=O) groups is 1. The molecule has 2 saturated heterocycles. The van der Waals surface area contributed by atoms with Crippen LogP contribution in [0.15, 0.2) is 30.3 Å². The van der Waals surface area contributed by atoms with Gasteiger partial charge in [-0.25, -0.2) is 4.79 Å². The molecule has 2 fully saturated rings. The van der Waals surface area contributed by atoms with Gasteiger partial charge in [-0.3, -0.25) is 9.80 Å². The highest BCUT2D eigenvalue weighted by molar-refractivity contribution is 7.11. The summed E-state index contributed by atoms with van der Waals surface area (Å²) in [5.74, 6) is 1.35. The normalized spacial score (nSPS) is 22.0. The fraction of sp³-hybridized carbons (Fsp3) is 0.450. The minimum atomic E-state index is -0.230. The van der Waals surface area contributed by atoms with E-state index < -0.39 is 0 Å². The SMILES string of the molecule is COc1ccc(CN2C(=O)O[C@H]3CN(Cc4ccc(C)s4)C[C@H]32)cc1OC. The third kappa shape index (κ3) is 3.61. The van der Waals surface area contributed by atoms with E-state index in [4.69, 9.17) is 14.2 Å². The summed E-state index contributed by atoms with van der Waals surface area (Å²) in [6.07, 6.45) is -0.287. The lowest BCUT2D eigenvalue weighted by Gasteiger charge is -2.22. The molecule has 4 rings (SSSR count). The Balaban J connectivity index is 1.45. The molecule has 0 unspecified atom stereocenters. The number of fused-ring (bicyclic) bond motifs is 1. The number of carbonyl (C=O) groups excluding carboxylic acids is 1. The van der Waals surface area contributed by atoms with E-state index in [0.717, 1.165) is 25.2 Å². The van der Waals surface area contributed by atoms with E-state index in [9.17, 15) is 4.79 Å². The predicted octanol–water partition coefficient (Wildman–Crippen LogP) is 3.28. The van der Waals surface area contributed by atoms with E-state index in [-0.39, 0.29) is 18.2 Å². The maximum Gasteiger partial charge on any atom is 0.410 e. The lowest BCUT2D eigenvalue weighted by atomic mass is 10.1. The lowest BCUT2D eigenvalue weighted by Crippen LogP contribution is -2.37. The Morgan fingerprint density at radius 1 is 1.11 bits per heavy atom. The molecule has 0 N–H and O–H groups in total. The molecule has 2 aliphatic heterocycles. The molecule has 2 aromatic rings. The monoisotopic (exact) mass is 388 g/mol. The number of rotatable bonds is 6. The van der Waals surface area contributed by atoms with Crippen LogP contribution in [0, 0.1) is 6.92 Å². The molecule has 1 amide bonds. The van der Waals surface area contributed by atoms with E-state index >= 15 is 0 Å². The number of methoxy groups -OCH3 is 2. The molecule has 2 atom stereocenters. The van der Waals surface area contributed by atoms with Gasteiger partial charge in [-0.1, -0.05) is 6.07 Å². The summed E-state index contributed by atoms with van der Waals surface area (Å²) in [5, 5.41) is 0. The first-order valence-corrected chi connectivity index (χ1v) is 9.85. The van der Waals surface area contributed by atoms with Gasteiger partial charge in [-0.15, -0.1) is 11.3 Å². The molecule has 2 aliphatic rings. The van der Waals surface area contributed by atoms with Crippen LogP contribution in [0.3, 0.4) is 0 Å². The Morgan fingerprint density at radius 3 is 2.63 bits per heavy atom. The molecule has 6 nitrogen and oxygen atoms in total. The van der Waals surface area contributed by atoms with Crippen molar-refractivity contribution in [1.82, 2.24) is 9.80 Å². The molecule has 0 radical (unpaired) electrons. The molecular weight excluding hydrogens is 364 g/mol. The molecule has 1 aromatic heterocycles. The van der Waals surface area contributed by atoms with Crippen molar-refractivity contribution < 1.29 is 19.0 Å². The smallest absolute Gasteiger partial charge is 0.410 e. The highest BCUT2D eigenvalue weighted by Gasteiger charge is 2.47. The van der Waals surface area contributed by atoms with Crippen LogP contribution < -0.4 is 9.47 Å². The largest absolute Gasteiger partial charge is 0.493 e. The Kier molecular flexibility index (Phi) is 4.97. The second-order valence-electron chi connectivity index (χ2n) is 7.01. The minimum Gasteiger partial charge on any atom is -0.493 e. The van der Waals surface area contributed by atoms with Gasteiger partial charge < -0.3 is 14.2 Å². The second kappa shape index (κ2) is 7.40. The Bertz CT molecular complexity index is 837. The molecule has 7 heteroatoms. The molecule has 0 spiro atoms. The molecule has 3 heterocycles. The van der Waals surface area contributed by atoms with Crippen molar-refractivity contribution in [3.8, 4) is 11.5 Å². The van der Waals surface area contributed by atoms with Gasteiger partial charge >= 0.3 is 6.09 Å². The summed E-state index contributed by atoms with van der Waals surface area (Å²) in [7, 11) is 3.23. The number of nitrogens with zero attached hydrogens (tertiary/aromatic N) is 2. The maximum absolute atomic E-state index is 12.4. The van der Waals surface area contributed by atoms with Crippen LogP contribution in [0.4, 0.5) is 4.79 Å². The Morgan fingerprint density at radius 2 is 1.93 bits per heavy atom. The maximum atomic E-state index is 12.4. The first kappa shape index (κ1) is 18.1. The highest BCUT2D eigenvalue weighted by atomic mass is 32.1. The molecule has 0 bridgehead atoms. The second-order valence-corrected chi connectivity index (χ2v) is 8.39. The topological polar surface area (TPSA) is 51.2 Å². The predicted molar refractivity (Wildman–Crippen MR) is 103 cm³/mol. The number of amides is 1. The van der Waals surface area contributed by atoms with E-state index in [1.54, 1.807) is 14.2 Å². The van der Waals surface area contributed by atoms with Gasteiger partial charge in [0.05, 0.1) is 20.3 Å². The third-order valence-corrected chi connectivity index (χ3v) is 6.16. The quantitative estimate of drug-likeness (QED) is 0.760. The summed E-state index contributed by atoms with van der Waals surface area (Å²) in [4.78, 5) is 19.3. The average Bonchev–Trinajstić information content (AvgIpc) is 3.32. The van der Waals surface area contributed by atoms with Crippen molar-refractivity contribution in [2.45, 2.75) is 32.2 Å². The summed E-state index contributed by atoms with van der Waals surface area (Å²) in [6.45, 7) is 5.16. The van der Waals surface area contributed by atoms with Crippen molar-refractivity contribution in [3.05, 3.63) is 45.6 Å². The van der Waals surface area contributed by atoms with E-state index in [1.165, 1.54) is 9.75 Å². The van der Waals surface area contributed by atoms with Crippen molar-refractivity contribution >= 4 is 17.4 Å². The van der Waals surface area contributed by atoms with Crippen molar-refractivity contribution in [1.29, 1.82) is 0 Å². The molecule has 1 aromatic carbocycles.